The number of anilines is 2. The van der Waals surface area contributed by atoms with Gasteiger partial charge in [0.15, 0.2) is 5.82 Å². The van der Waals surface area contributed by atoms with Crippen LogP contribution in [0.25, 0.3) is 22.5 Å². The Balaban J connectivity index is 1.27. The van der Waals surface area contributed by atoms with Gasteiger partial charge in [0.2, 0.25) is 5.95 Å². The number of H-pyrrole nitrogens is 1. The lowest BCUT2D eigenvalue weighted by atomic mass is 10.1. The van der Waals surface area contributed by atoms with Gasteiger partial charge in [-0.05, 0) is 63.6 Å². The largest absolute Gasteiger partial charge is 0.444 e. The fraction of sp³-hybridized carbons (Fsp3) is 0.370. The molecule has 38 heavy (non-hydrogen) atoms. The lowest BCUT2D eigenvalue weighted by molar-refractivity contribution is 0.0122. The van der Waals surface area contributed by atoms with Crippen LogP contribution >= 0.6 is 0 Å². The van der Waals surface area contributed by atoms with Crippen LogP contribution in [0.15, 0.2) is 53.7 Å². The maximum absolute atomic E-state index is 12.4. The Hall–Kier alpha value is -4.25. The van der Waals surface area contributed by atoms with E-state index in [1.807, 2.05) is 57.2 Å². The first-order valence-corrected chi connectivity index (χ1v) is 12.6. The summed E-state index contributed by atoms with van der Waals surface area (Å²) >= 11 is 0. The minimum absolute atomic E-state index is 0.0181. The number of rotatable bonds is 6. The maximum Gasteiger partial charge on any atom is 0.410 e. The zero-order valence-electron chi connectivity index (χ0n) is 22.1. The summed E-state index contributed by atoms with van der Waals surface area (Å²) in [5.74, 6) is 2.28. The average molecular weight is 517 g/mol. The average Bonchev–Trinajstić information content (AvgIpc) is 3.49. The van der Waals surface area contributed by atoms with E-state index in [0.29, 0.717) is 49.7 Å². The number of hydrogen-bond acceptors (Lipinski definition) is 9. The number of piperazine rings is 1. The quantitative estimate of drug-likeness (QED) is 0.346. The number of benzene rings is 1. The highest BCUT2D eigenvalue weighted by Gasteiger charge is 2.28. The molecule has 0 radical (unpaired) electrons. The van der Waals surface area contributed by atoms with Crippen LogP contribution in [0, 0.1) is 6.92 Å². The van der Waals surface area contributed by atoms with Gasteiger partial charge in [-0.25, -0.2) is 14.8 Å². The number of ether oxygens (including phenoxy) is 1. The number of aromatic nitrogens is 5. The molecule has 4 aromatic rings. The predicted octanol–water partition coefficient (Wildman–Crippen LogP) is 4.84. The first kappa shape index (κ1) is 25.4. The van der Waals surface area contributed by atoms with Gasteiger partial charge in [-0.2, -0.15) is 4.98 Å². The van der Waals surface area contributed by atoms with E-state index in [9.17, 15) is 4.79 Å². The number of pyridine rings is 1. The van der Waals surface area contributed by atoms with Crippen molar-refractivity contribution in [1.29, 1.82) is 0 Å². The molecule has 1 unspecified atom stereocenters. The van der Waals surface area contributed by atoms with Gasteiger partial charge in [-0.15, -0.1) is 6.58 Å². The molecule has 198 valence electrons. The molecule has 1 atom stereocenters. The van der Waals surface area contributed by atoms with Gasteiger partial charge in [-0.3, -0.25) is 4.90 Å². The molecule has 1 aliphatic rings. The topological polar surface area (TPSA) is 125 Å². The molecule has 3 aromatic heterocycles. The van der Waals surface area contributed by atoms with Crippen molar-refractivity contribution in [3.8, 4) is 11.5 Å². The molecule has 11 nitrogen and oxygen atoms in total. The Kier molecular flexibility index (Phi) is 6.85. The Bertz CT molecular complexity index is 1450. The molecule has 1 amide bonds. The minimum atomic E-state index is -0.506. The van der Waals surface area contributed by atoms with Crippen LogP contribution in [-0.2, 0) is 4.74 Å². The van der Waals surface area contributed by atoms with E-state index in [4.69, 9.17) is 9.26 Å². The highest BCUT2D eigenvalue weighted by molar-refractivity contribution is 5.82. The number of imidazole rings is 1. The Morgan fingerprint density at radius 1 is 1.18 bits per heavy atom. The van der Waals surface area contributed by atoms with Gasteiger partial charge >= 0.3 is 6.09 Å². The van der Waals surface area contributed by atoms with Crippen molar-refractivity contribution >= 4 is 28.9 Å². The number of fused-ring (bicyclic) bond motifs is 1. The van der Waals surface area contributed by atoms with E-state index in [1.54, 1.807) is 18.0 Å². The zero-order chi connectivity index (χ0) is 26.9. The van der Waals surface area contributed by atoms with Crippen molar-refractivity contribution in [3.63, 3.8) is 0 Å². The summed E-state index contributed by atoms with van der Waals surface area (Å²) < 4.78 is 10.8. The van der Waals surface area contributed by atoms with Gasteiger partial charge in [0, 0.05) is 37.9 Å². The number of aryl methyl sites for hydroxylation is 1. The number of nitrogens with zero attached hydrogens (tertiary/aromatic N) is 6. The van der Waals surface area contributed by atoms with Crippen LogP contribution < -0.4 is 5.32 Å². The monoisotopic (exact) mass is 516 g/mol. The number of nitrogens with one attached hydrogen (secondary N) is 2. The van der Waals surface area contributed by atoms with Gasteiger partial charge in [0.1, 0.15) is 11.4 Å². The molecule has 5 rings (SSSR count). The van der Waals surface area contributed by atoms with E-state index in [-0.39, 0.29) is 12.1 Å². The van der Waals surface area contributed by atoms with Gasteiger partial charge in [0.05, 0.1) is 17.1 Å². The third-order valence-corrected chi connectivity index (χ3v) is 6.21. The third kappa shape index (κ3) is 5.67. The predicted molar refractivity (Wildman–Crippen MR) is 144 cm³/mol. The normalized spacial score (nSPS) is 15.4. The van der Waals surface area contributed by atoms with Crippen LogP contribution in [0.5, 0.6) is 0 Å². The highest BCUT2D eigenvalue weighted by Crippen LogP contribution is 2.27. The van der Waals surface area contributed by atoms with Crippen molar-refractivity contribution in [1.82, 2.24) is 34.9 Å². The SMILES string of the molecule is C=CC(c1ccnc(Nc2nc3ccc(-c4nc(C)no4)cc3[nH]2)c1)N1CCN(C(=O)OC(C)(C)C)CC1. The molecule has 1 fully saturated rings. The molecule has 2 N–H and O–H groups in total. The van der Waals surface area contributed by atoms with Crippen LogP contribution in [0.1, 0.15) is 38.2 Å². The third-order valence-electron chi connectivity index (χ3n) is 6.21. The molecule has 0 spiro atoms. The van der Waals surface area contributed by atoms with Crippen molar-refractivity contribution in [2.45, 2.75) is 39.3 Å². The highest BCUT2D eigenvalue weighted by atomic mass is 16.6. The van der Waals surface area contributed by atoms with Crippen molar-refractivity contribution in [2.75, 3.05) is 31.5 Å². The molecule has 0 bridgehead atoms. The lowest BCUT2D eigenvalue weighted by Crippen LogP contribution is -2.50. The molecule has 4 heterocycles. The fourth-order valence-corrected chi connectivity index (χ4v) is 4.44. The first-order valence-electron chi connectivity index (χ1n) is 12.6. The fourth-order valence-electron chi connectivity index (χ4n) is 4.44. The lowest BCUT2D eigenvalue weighted by Gasteiger charge is -2.38. The molecule has 1 aromatic carbocycles. The summed E-state index contributed by atoms with van der Waals surface area (Å²) in [4.78, 5) is 33.2. The summed E-state index contributed by atoms with van der Waals surface area (Å²) in [6, 6.07) is 9.68. The van der Waals surface area contributed by atoms with E-state index < -0.39 is 5.60 Å². The van der Waals surface area contributed by atoms with Crippen LogP contribution in [0.2, 0.25) is 0 Å². The summed E-state index contributed by atoms with van der Waals surface area (Å²) in [6.45, 7) is 14.1. The second-order valence-corrected chi connectivity index (χ2v) is 10.2. The van der Waals surface area contributed by atoms with Crippen LogP contribution in [0.4, 0.5) is 16.6 Å². The first-order chi connectivity index (χ1) is 18.2. The number of carbonyl (C=O) groups excluding carboxylic acids is 1. The van der Waals surface area contributed by atoms with Crippen LogP contribution in [-0.4, -0.2) is 72.8 Å². The number of amides is 1. The molecule has 0 saturated carbocycles. The van der Waals surface area contributed by atoms with E-state index in [0.717, 1.165) is 22.2 Å². The van der Waals surface area contributed by atoms with Crippen molar-refractivity contribution in [3.05, 3.63) is 60.6 Å². The summed E-state index contributed by atoms with van der Waals surface area (Å²) in [6.07, 6.45) is 3.42. The number of aromatic amines is 1. The summed E-state index contributed by atoms with van der Waals surface area (Å²) in [7, 11) is 0. The molecule has 11 heteroatoms. The van der Waals surface area contributed by atoms with E-state index in [1.165, 1.54) is 0 Å². The Morgan fingerprint density at radius 2 is 1.97 bits per heavy atom. The summed E-state index contributed by atoms with van der Waals surface area (Å²) in [5.41, 5.74) is 3.00. The number of hydrogen-bond donors (Lipinski definition) is 2. The van der Waals surface area contributed by atoms with Crippen molar-refractivity contribution in [2.24, 2.45) is 0 Å². The van der Waals surface area contributed by atoms with Gasteiger partial charge < -0.3 is 24.5 Å². The van der Waals surface area contributed by atoms with E-state index in [2.05, 4.69) is 41.9 Å². The number of carbonyl (C=O) groups is 1. The minimum Gasteiger partial charge on any atom is -0.444 e. The van der Waals surface area contributed by atoms with Crippen molar-refractivity contribution < 1.29 is 14.1 Å². The summed E-state index contributed by atoms with van der Waals surface area (Å²) in [5, 5.41) is 7.13. The standard InChI is InChI=1S/C27H32N8O3/c1-6-22(34-11-13-35(14-12-34)26(36)37-27(3,4)5)18-9-10-28-23(16-18)32-25-30-20-8-7-19(15-21(20)31-25)24-29-17(2)33-38-24/h6-10,15-16,22H,1,11-14H2,2-5H3,(H2,28,30,31,32). The molecule has 1 aliphatic heterocycles. The maximum atomic E-state index is 12.4. The second kappa shape index (κ2) is 10.3. The Morgan fingerprint density at radius 3 is 2.66 bits per heavy atom. The molecular weight excluding hydrogens is 484 g/mol. The molecule has 0 aliphatic carbocycles. The van der Waals surface area contributed by atoms with Crippen LogP contribution in [0.3, 0.4) is 0 Å². The molecule has 1 saturated heterocycles. The smallest absolute Gasteiger partial charge is 0.410 e. The Labute approximate surface area is 220 Å². The van der Waals surface area contributed by atoms with Gasteiger partial charge in [-0.1, -0.05) is 11.2 Å². The zero-order valence-corrected chi connectivity index (χ0v) is 22.1. The van der Waals surface area contributed by atoms with Gasteiger partial charge in [0.25, 0.3) is 5.89 Å². The van der Waals surface area contributed by atoms with E-state index >= 15 is 0 Å². The molecular formula is C27H32N8O3. The second-order valence-electron chi connectivity index (χ2n) is 10.2.